The number of ether oxygens (including phenoxy) is 1. The Morgan fingerprint density at radius 2 is 1.23 bits per heavy atom. The van der Waals surface area contributed by atoms with E-state index in [-0.39, 0.29) is 12.1 Å². The number of hydrogen-bond donors (Lipinski definition) is 0. The molecule has 0 aromatic carbocycles. The highest BCUT2D eigenvalue weighted by molar-refractivity contribution is 5.69. The van der Waals surface area contributed by atoms with Gasteiger partial charge in [-0.2, -0.15) is 0 Å². The van der Waals surface area contributed by atoms with Gasteiger partial charge in [0.25, 0.3) is 0 Å². The largest absolute Gasteiger partial charge is 0.462 e. The Balaban J connectivity index is 1.91. The standard InChI is InChI=1S/C28H54O2/c1-5-6-7-8-9-10-11-12-13-14-15-16-17-18-19-20-28(29)30-27-23-25(4)21-22-26(27)24(2)3/h24-27H,5-23H2,1-4H3/t25-,26+,27-/m0/s1. The molecule has 1 rings (SSSR count). The van der Waals surface area contributed by atoms with Gasteiger partial charge in [0, 0.05) is 6.42 Å². The fourth-order valence-corrected chi connectivity index (χ4v) is 5.12. The molecular weight excluding hydrogens is 368 g/mol. The number of esters is 1. The van der Waals surface area contributed by atoms with Crippen LogP contribution >= 0.6 is 0 Å². The summed E-state index contributed by atoms with van der Waals surface area (Å²) >= 11 is 0. The average molecular weight is 423 g/mol. The van der Waals surface area contributed by atoms with E-state index < -0.39 is 0 Å². The van der Waals surface area contributed by atoms with Crippen LogP contribution in [0.4, 0.5) is 0 Å². The maximum absolute atomic E-state index is 12.3. The van der Waals surface area contributed by atoms with E-state index in [1.54, 1.807) is 0 Å². The quantitative estimate of drug-likeness (QED) is 0.162. The van der Waals surface area contributed by atoms with Crippen molar-refractivity contribution in [1.29, 1.82) is 0 Å². The number of unbranched alkanes of at least 4 members (excludes halogenated alkanes) is 14. The Bertz CT molecular complexity index is 403. The van der Waals surface area contributed by atoms with Gasteiger partial charge in [0.15, 0.2) is 0 Å². The Morgan fingerprint density at radius 3 is 1.70 bits per heavy atom. The second kappa shape index (κ2) is 18.1. The Morgan fingerprint density at radius 1 is 0.767 bits per heavy atom. The lowest BCUT2D eigenvalue weighted by molar-refractivity contribution is -0.156. The molecule has 1 aliphatic rings. The highest BCUT2D eigenvalue weighted by Crippen LogP contribution is 2.35. The van der Waals surface area contributed by atoms with Crippen LogP contribution in [0.2, 0.25) is 0 Å². The van der Waals surface area contributed by atoms with E-state index in [2.05, 4.69) is 27.7 Å². The molecule has 0 N–H and O–H groups in total. The SMILES string of the molecule is CCCCCCCCCCCCCCCCCC(=O)O[C@H]1C[C@@H](C)CC[C@@H]1C(C)C. The molecule has 0 bridgehead atoms. The minimum atomic E-state index is 0.0504. The first kappa shape index (κ1) is 27.5. The molecule has 0 aliphatic heterocycles. The van der Waals surface area contributed by atoms with Gasteiger partial charge in [0.1, 0.15) is 6.10 Å². The second-order valence-electron chi connectivity index (χ2n) is 10.6. The normalized spacial score (nSPS) is 21.8. The highest BCUT2D eigenvalue weighted by Gasteiger charge is 2.33. The molecule has 178 valence electrons. The highest BCUT2D eigenvalue weighted by atomic mass is 16.5. The van der Waals surface area contributed by atoms with Crippen LogP contribution in [0.25, 0.3) is 0 Å². The lowest BCUT2D eigenvalue weighted by Gasteiger charge is -2.36. The van der Waals surface area contributed by atoms with Crippen LogP contribution in [0.15, 0.2) is 0 Å². The van der Waals surface area contributed by atoms with E-state index in [1.165, 1.54) is 103 Å². The Kier molecular flexibility index (Phi) is 16.6. The van der Waals surface area contributed by atoms with Crippen LogP contribution in [0.1, 0.15) is 150 Å². The third-order valence-electron chi connectivity index (χ3n) is 7.23. The Hall–Kier alpha value is -0.530. The third-order valence-corrected chi connectivity index (χ3v) is 7.23. The van der Waals surface area contributed by atoms with Crippen molar-refractivity contribution in [2.75, 3.05) is 0 Å². The van der Waals surface area contributed by atoms with Crippen molar-refractivity contribution in [1.82, 2.24) is 0 Å². The smallest absolute Gasteiger partial charge is 0.306 e. The number of rotatable bonds is 18. The van der Waals surface area contributed by atoms with Crippen molar-refractivity contribution in [3.63, 3.8) is 0 Å². The lowest BCUT2D eigenvalue weighted by atomic mass is 9.75. The fourth-order valence-electron chi connectivity index (χ4n) is 5.12. The zero-order chi connectivity index (χ0) is 22.0. The van der Waals surface area contributed by atoms with Crippen molar-refractivity contribution in [2.24, 2.45) is 17.8 Å². The van der Waals surface area contributed by atoms with Crippen molar-refractivity contribution >= 4 is 5.97 Å². The summed E-state index contributed by atoms with van der Waals surface area (Å²) < 4.78 is 5.92. The van der Waals surface area contributed by atoms with Crippen LogP contribution in [-0.2, 0) is 9.53 Å². The summed E-state index contributed by atoms with van der Waals surface area (Å²) in [5.74, 6) is 1.92. The summed E-state index contributed by atoms with van der Waals surface area (Å²) in [6, 6.07) is 0. The first-order chi connectivity index (χ1) is 14.5. The van der Waals surface area contributed by atoms with Crippen LogP contribution in [-0.4, -0.2) is 12.1 Å². The van der Waals surface area contributed by atoms with E-state index in [0.717, 1.165) is 12.8 Å². The number of carbonyl (C=O) groups excluding carboxylic acids is 1. The summed E-state index contributed by atoms with van der Waals surface area (Å²) in [7, 11) is 0. The van der Waals surface area contributed by atoms with Gasteiger partial charge in [-0.25, -0.2) is 0 Å². The van der Waals surface area contributed by atoms with Crippen LogP contribution in [0.3, 0.4) is 0 Å². The van der Waals surface area contributed by atoms with E-state index in [9.17, 15) is 4.79 Å². The van der Waals surface area contributed by atoms with Gasteiger partial charge >= 0.3 is 5.97 Å². The predicted octanol–water partition coefficient (Wildman–Crippen LogP) is 9.25. The molecule has 0 unspecified atom stereocenters. The number of hydrogen-bond acceptors (Lipinski definition) is 2. The van der Waals surface area contributed by atoms with Gasteiger partial charge in [-0.15, -0.1) is 0 Å². The molecule has 1 aliphatic carbocycles. The zero-order valence-corrected chi connectivity index (χ0v) is 21.1. The molecule has 0 aromatic rings. The predicted molar refractivity (Wildman–Crippen MR) is 131 cm³/mol. The molecule has 2 nitrogen and oxygen atoms in total. The van der Waals surface area contributed by atoms with Gasteiger partial charge in [0.05, 0.1) is 0 Å². The van der Waals surface area contributed by atoms with E-state index in [0.29, 0.717) is 24.2 Å². The maximum Gasteiger partial charge on any atom is 0.306 e. The average Bonchev–Trinajstić information content (AvgIpc) is 2.70. The summed E-state index contributed by atoms with van der Waals surface area (Å²) in [5.41, 5.74) is 0. The van der Waals surface area contributed by atoms with Gasteiger partial charge in [-0.3, -0.25) is 4.79 Å². The summed E-state index contributed by atoms with van der Waals surface area (Å²) in [4.78, 5) is 12.3. The van der Waals surface area contributed by atoms with Crippen molar-refractivity contribution in [2.45, 2.75) is 156 Å². The van der Waals surface area contributed by atoms with E-state index in [4.69, 9.17) is 4.74 Å². The minimum absolute atomic E-state index is 0.0504. The van der Waals surface area contributed by atoms with Crippen LogP contribution in [0.5, 0.6) is 0 Å². The molecule has 2 heteroatoms. The van der Waals surface area contributed by atoms with Gasteiger partial charge in [0.2, 0.25) is 0 Å². The molecule has 30 heavy (non-hydrogen) atoms. The summed E-state index contributed by atoms with van der Waals surface area (Å²) in [6.07, 6.45) is 24.7. The molecule has 0 amide bonds. The van der Waals surface area contributed by atoms with Gasteiger partial charge in [-0.1, -0.05) is 124 Å². The first-order valence-corrected chi connectivity index (χ1v) is 13.7. The van der Waals surface area contributed by atoms with Crippen molar-refractivity contribution < 1.29 is 9.53 Å². The molecule has 0 spiro atoms. The molecule has 3 atom stereocenters. The van der Waals surface area contributed by atoms with Crippen LogP contribution in [0, 0.1) is 17.8 Å². The maximum atomic E-state index is 12.3. The molecule has 0 radical (unpaired) electrons. The third kappa shape index (κ3) is 13.7. The molecule has 0 saturated heterocycles. The van der Waals surface area contributed by atoms with E-state index >= 15 is 0 Å². The Labute approximate surface area is 189 Å². The topological polar surface area (TPSA) is 26.3 Å². The second-order valence-corrected chi connectivity index (χ2v) is 10.6. The first-order valence-electron chi connectivity index (χ1n) is 13.7. The lowest BCUT2D eigenvalue weighted by Crippen LogP contribution is -2.35. The zero-order valence-electron chi connectivity index (χ0n) is 21.1. The van der Waals surface area contributed by atoms with E-state index in [1.807, 2.05) is 0 Å². The monoisotopic (exact) mass is 422 g/mol. The van der Waals surface area contributed by atoms with Gasteiger partial charge < -0.3 is 4.74 Å². The summed E-state index contributed by atoms with van der Waals surface area (Å²) in [5, 5.41) is 0. The van der Waals surface area contributed by atoms with Crippen LogP contribution < -0.4 is 0 Å². The number of carbonyl (C=O) groups is 1. The van der Waals surface area contributed by atoms with Crippen molar-refractivity contribution in [3.8, 4) is 0 Å². The molecular formula is C28H54O2. The minimum Gasteiger partial charge on any atom is -0.462 e. The fraction of sp³-hybridized carbons (Fsp3) is 0.964. The molecule has 1 fully saturated rings. The molecule has 0 aromatic heterocycles. The molecule has 1 saturated carbocycles. The summed E-state index contributed by atoms with van der Waals surface area (Å²) in [6.45, 7) is 9.13. The molecule has 0 heterocycles. The van der Waals surface area contributed by atoms with Gasteiger partial charge in [-0.05, 0) is 37.0 Å². The van der Waals surface area contributed by atoms with Crippen molar-refractivity contribution in [3.05, 3.63) is 0 Å².